The summed E-state index contributed by atoms with van der Waals surface area (Å²) in [6.45, 7) is 2.97. The van der Waals surface area contributed by atoms with E-state index < -0.39 is 0 Å². The second-order valence-corrected chi connectivity index (χ2v) is 7.96. The Kier molecular flexibility index (Phi) is 5.75. The molecule has 152 valence electrons. The highest BCUT2D eigenvalue weighted by atomic mass is 16.5. The Morgan fingerprint density at radius 1 is 1.14 bits per heavy atom. The van der Waals surface area contributed by atoms with Gasteiger partial charge < -0.3 is 14.5 Å². The molecule has 2 aromatic rings. The minimum Gasteiger partial charge on any atom is -0.375 e. The van der Waals surface area contributed by atoms with Crippen LogP contribution in [0.25, 0.3) is 11.0 Å². The summed E-state index contributed by atoms with van der Waals surface area (Å²) in [6, 6.07) is 0.344. The van der Waals surface area contributed by atoms with Gasteiger partial charge in [0, 0.05) is 39.8 Å². The molecule has 2 aromatic heterocycles. The maximum Gasteiger partial charge on any atom is 0.248 e. The fourth-order valence-electron chi connectivity index (χ4n) is 4.84. The SMILES string of the molecule is COCC(=O)N1CCCCC[C@@H]1C1CCN(c2ncnc3c2cnn3C)CC1. The van der Waals surface area contributed by atoms with Crippen molar-refractivity contribution >= 4 is 22.8 Å². The van der Waals surface area contributed by atoms with Crippen molar-refractivity contribution in [3.05, 3.63) is 12.5 Å². The third-order valence-corrected chi connectivity index (χ3v) is 6.28. The number of carbonyl (C=O) groups excluding carboxylic acids is 1. The minimum absolute atomic E-state index is 0.143. The Hall–Kier alpha value is -2.22. The van der Waals surface area contributed by atoms with Gasteiger partial charge in [-0.05, 0) is 31.6 Å². The Labute approximate surface area is 165 Å². The summed E-state index contributed by atoms with van der Waals surface area (Å²) in [7, 11) is 3.51. The van der Waals surface area contributed by atoms with Crippen molar-refractivity contribution in [3.8, 4) is 0 Å². The fourth-order valence-corrected chi connectivity index (χ4v) is 4.84. The number of aromatic nitrogens is 4. The second kappa shape index (κ2) is 8.43. The van der Waals surface area contributed by atoms with Gasteiger partial charge in [-0.3, -0.25) is 9.48 Å². The molecule has 2 aliphatic rings. The lowest BCUT2D eigenvalue weighted by Crippen LogP contribution is -2.49. The molecule has 8 nitrogen and oxygen atoms in total. The molecule has 0 spiro atoms. The highest BCUT2D eigenvalue weighted by Gasteiger charge is 2.34. The first-order chi connectivity index (χ1) is 13.7. The highest BCUT2D eigenvalue weighted by Crippen LogP contribution is 2.33. The van der Waals surface area contributed by atoms with Crippen LogP contribution in [-0.4, -0.2) is 69.9 Å². The number of rotatable bonds is 4. The molecule has 0 unspecified atom stereocenters. The molecule has 28 heavy (non-hydrogen) atoms. The van der Waals surface area contributed by atoms with Crippen LogP contribution >= 0.6 is 0 Å². The molecule has 0 N–H and O–H groups in total. The van der Waals surface area contributed by atoms with E-state index in [2.05, 4.69) is 24.9 Å². The van der Waals surface area contributed by atoms with Crippen molar-refractivity contribution < 1.29 is 9.53 Å². The largest absolute Gasteiger partial charge is 0.375 e. The molecule has 1 atom stereocenters. The number of piperidine rings is 1. The van der Waals surface area contributed by atoms with E-state index in [4.69, 9.17) is 4.74 Å². The molecular weight excluding hydrogens is 356 g/mol. The van der Waals surface area contributed by atoms with Crippen LogP contribution in [0, 0.1) is 5.92 Å². The second-order valence-electron chi connectivity index (χ2n) is 7.96. The fraction of sp³-hybridized carbons (Fsp3) is 0.700. The number of fused-ring (bicyclic) bond motifs is 1. The van der Waals surface area contributed by atoms with Crippen molar-refractivity contribution in [1.82, 2.24) is 24.6 Å². The summed E-state index contributed by atoms with van der Waals surface area (Å²) >= 11 is 0. The zero-order valence-electron chi connectivity index (χ0n) is 16.9. The zero-order valence-corrected chi connectivity index (χ0v) is 16.9. The smallest absolute Gasteiger partial charge is 0.248 e. The number of hydrogen-bond donors (Lipinski definition) is 0. The molecule has 0 aliphatic carbocycles. The predicted octanol–water partition coefficient (Wildman–Crippen LogP) is 2.00. The van der Waals surface area contributed by atoms with Gasteiger partial charge in [0.2, 0.25) is 5.91 Å². The van der Waals surface area contributed by atoms with Crippen LogP contribution in [0.4, 0.5) is 5.82 Å². The van der Waals surface area contributed by atoms with E-state index in [0.29, 0.717) is 12.0 Å². The summed E-state index contributed by atoms with van der Waals surface area (Å²) in [6.07, 6.45) is 10.3. The number of anilines is 1. The Balaban J connectivity index is 1.47. The standard InChI is InChI=1S/C20H30N6O2/c1-24-19-16(12-23-24)20(22-14-21-19)25-10-7-15(8-11-25)17-6-4-3-5-9-26(17)18(27)13-28-2/h12,14-15,17H,3-11,13H2,1-2H3/t17-/m1/s1. The van der Waals surface area contributed by atoms with E-state index in [9.17, 15) is 4.79 Å². The van der Waals surface area contributed by atoms with Crippen molar-refractivity contribution in [2.75, 3.05) is 38.3 Å². The first-order valence-electron chi connectivity index (χ1n) is 10.3. The van der Waals surface area contributed by atoms with Crippen LogP contribution in [0.2, 0.25) is 0 Å². The number of methoxy groups -OCH3 is 1. The minimum atomic E-state index is 0.143. The Morgan fingerprint density at radius 3 is 2.75 bits per heavy atom. The van der Waals surface area contributed by atoms with Gasteiger partial charge >= 0.3 is 0 Å². The number of hydrogen-bond acceptors (Lipinski definition) is 6. The Morgan fingerprint density at radius 2 is 1.96 bits per heavy atom. The molecule has 2 fully saturated rings. The summed E-state index contributed by atoms with van der Waals surface area (Å²) in [4.78, 5) is 26.0. The van der Waals surface area contributed by atoms with Gasteiger partial charge in [-0.25, -0.2) is 9.97 Å². The van der Waals surface area contributed by atoms with Gasteiger partial charge in [-0.15, -0.1) is 0 Å². The average molecular weight is 387 g/mol. The molecular formula is C20H30N6O2. The van der Waals surface area contributed by atoms with E-state index >= 15 is 0 Å². The third kappa shape index (κ3) is 3.70. The molecule has 2 saturated heterocycles. The maximum atomic E-state index is 12.6. The summed E-state index contributed by atoms with van der Waals surface area (Å²) in [5.74, 6) is 1.66. The van der Waals surface area contributed by atoms with E-state index in [1.165, 1.54) is 12.8 Å². The van der Waals surface area contributed by atoms with Crippen LogP contribution < -0.4 is 4.90 Å². The average Bonchev–Trinajstić information content (AvgIpc) is 2.94. The molecule has 2 aliphatic heterocycles. The molecule has 0 bridgehead atoms. The number of amides is 1. The summed E-state index contributed by atoms with van der Waals surface area (Å²) in [5, 5.41) is 5.34. The van der Waals surface area contributed by atoms with Crippen molar-refractivity contribution in [1.29, 1.82) is 0 Å². The third-order valence-electron chi connectivity index (χ3n) is 6.28. The van der Waals surface area contributed by atoms with E-state index in [-0.39, 0.29) is 12.5 Å². The molecule has 8 heteroatoms. The molecule has 4 rings (SSSR count). The number of likely N-dealkylation sites (tertiary alicyclic amines) is 1. The quantitative estimate of drug-likeness (QED) is 0.800. The number of nitrogens with zero attached hydrogens (tertiary/aromatic N) is 6. The highest BCUT2D eigenvalue weighted by molar-refractivity contribution is 5.86. The van der Waals surface area contributed by atoms with Gasteiger partial charge in [0.25, 0.3) is 0 Å². The lowest BCUT2D eigenvalue weighted by molar-refractivity contribution is -0.138. The molecule has 0 saturated carbocycles. The molecule has 0 aromatic carbocycles. The summed E-state index contributed by atoms with van der Waals surface area (Å²) < 4.78 is 6.92. The molecule has 0 radical (unpaired) electrons. The normalized spacial score (nSPS) is 21.9. The Bertz CT molecular complexity index is 814. The van der Waals surface area contributed by atoms with Crippen molar-refractivity contribution in [2.24, 2.45) is 13.0 Å². The van der Waals surface area contributed by atoms with Crippen LogP contribution in [-0.2, 0) is 16.6 Å². The van der Waals surface area contributed by atoms with Crippen LogP contribution in [0.1, 0.15) is 38.5 Å². The molecule has 1 amide bonds. The lowest BCUT2D eigenvalue weighted by Gasteiger charge is -2.41. The lowest BCUT2D eigenvalue weighted by atomic mass is 9.86. The van der Waals surface area contributed by atoms with Gasteiger partial charge in [-0.1, -0.05) is 12.8 Å². The van der Waals surface area contributed by atoms with E-state index in [1.807, 2.05) is 13.2 Å². The molecule has 4 heterocycles. The monoisotopic (exact) mass is 386 g/mol. The van der Waals surface area contributed by atoms with E-state index in [1.54, 1.807) is 18.1 Å². The number of ether oxygens (including phenoxy) is 1. The first kappa shape index (κ1) is 19.1. The van der Waals surface area contributed by atoms with Gasteiger partial charge in [-0.2, -0.15) is 5.10 Å². The first-order valence-corrected chi connectivity index (χ1v) is 10.3. The topological polar surface area (TPSA) is 76.4 Å². The summed E-state index contributed by atoms with van der Waals surface area (Å²) in [5.41, 5.74) is 0.868. The van der Waals surface area contributed by atoms with Crippen LogP contribution in [0.3, 0.4) is 0 Å². The van der Waals surface area contributed by atoms with Gasteiger partial charge in [0.05, 0.1) is 11.6 Å². The van der Waals surface area contributed by atoms with E-state index in [0.717, 1.165) is 62.2 Å². The van der Waals surface area contributed by atoms with Gasteiger partial charge in [0.1, 0.15) is 18.8 Å². The van der Waals surface area contributed by atoms with Crippen molar-refractivity contribution in [3.63, 3.8) is 0 Å². The zero-order chi connectivity index (χ0) is 19.5. The number of aryl methyl sites for hydroxylation is 1. The van der Waals surface area contributed by atoms with Crippen molar-refractivity contribution in [2.45, 2.75) is 44.6 Å². The van der Waals surface area contributed by atoms with Crippen LogP contribution in [0.5, 0.6) is 0 Å². The number of carbonyl (C=O) groups is 1. The predicted molar refractivity (Wildman–Crippen MR) is 107 cm³/mol. The van der Waals surface area contributed by atoms with Gasteiger partial charge in [0.15, 0.2) is 5.65 Å². The van der Waals surface area contributed by atoms with Crippen LogP contribution in [0.15, 0.2) is 12.5 Å². The maximum absolute atomic E-state index is 12.6.